The lowest BCUT2D eigenvalue weighted by molar-refractivity contribution is -0.140. The van der Waals surface area contributed by atoms with Crippen LogP contribution in [0, 0.1) is 0 Å². The summed E-state index contributed by atoms with van der Waals surface area (Å²) in [6, 6.07) is 12.8. The first-order chi connectivity index (χ1) is 27.1. The van der Waals surface area contributed by atoms with E-state index in [0.717, 1.165) is 114 Å². The summed E-state index contributed by atoms with van der Waals surface area (Å²) in [5.74, 6) is 5.10. The maximum absolute atomic E-state index is 11.4. The molecular formula is C41H54N8O5S2. The standard InChI is InChI=1S/C21H27N3O3S.C20H27N5O2S/c1-16(25)23-9-11-24(12-10-23)19-6-5-18(22-14-19)4-3-17-13-20(28-15-17)7-8-21(26)27-2;1-15(26)24-8-10-25(11-9-24)18-5-4-17(22-13-18)3-2-16-12-19(28-14-16)6-7-20(27)23-21/h5-6,13-15H,3-4,7-12H2,1-2H3;4-5,12-14H,2-3,6-11,21H2,1H3,(H,23,27). The van der Waals surface area contributed by atoms with E-state index in [4.69, 9.17) is 5.84 Å². The number of hydrogen-bond donors (Lipinski definition) is 2. The van der Waals surface area contributed by atoms with Crippen LogP contribution in [0.5, 0.6) is 0 Å². The summed E-state index contributed by atoms with van der Waals surface area (Å²) in [5.41, 5.74) is 9.11. The SMILES string of the molecule is CC(=O)N1CCN(c2ccc(CCc3csc(CCC(=O)NN)c3)nc2)CC1.COC(=O)CCc1cc(CCc2ccc(N3CCN(C(C)=O)CC3)cn2)cs1. The molecule has 6 rings (SSSR count). The molecule has 4 aromatic heterocycles. The number of rotatable bonds is 14. The van der Waals surface area contributed by atoms with E-state index < -0.39 is 0 Å². The predicted octanol–water partition coefficient (Wildman–Crippen LogP) is 4.22. The molecule has 2 fully saturated rings. The van der Waals surface area contributed by atoms with Gasteiger partial charge in [0.2, 0.25) is 17.7 Å². The minimum absolute atomic E-state index is 0.137. The quantitative estimate of drug-likeness (QED) is 0.0821. The van der Waals surface area contributed by atoms with E-state index in [-0.39, 0.29) is 23.7 Å². The van der Waals surface area contributed by atoms with Gasteiger partial charge in [-0.05, 0) is 96.8 Å². The number of aromatic nitrogens is 2. The predicted molar refractivity (Wildman–Crippen MR) is 222 cm³/mol. The molecule has 56 heavy (non-hydrogen) atoms. The van der Waals surface area contributed by atoms with Crippen LogP contribution in [-0.4, -0.2) is 103 Å². The zero-order valence-electron chi connectivity index (χ0n) is 32.7. The number of hydrazine groups is 1. The number of aryl methyl sites for hydroxylation is 6. The molecule has 2 saturated heterocycles. The van der Waals surface area contributed by atoms with Gasteiger partial charge in [0.25, 0.3) is 0 Å². The van der Waals surface area contributed by atoms with E-state index in [0.29, 0.717) is 12.8 Å². The third-order valence-corrected chi connectivity index (χ3v) is 12.2. The lowest BCUT2D eigenvalue weighted by Gasteiger charge is -2.35. The molecule has 0 aromatic carbocycles. The molecular weight excluding hydrogens is 749 g/mol. The van der Waals surface area contributed by atoms with Crippen LogP contribution in [0.15, 0.2) is 59.6 Å². The molecule has 0 aliphatic carbocycles. The second-order valence-corrected chi connectivity index (χ2v) is 16.0. The molecule has 6 heterocycles. The number of carbonyl (C=O) groups is 4. The van der Waals surface area contributed by atoms with Gasteiger partial charge >= 0.3 is 5.97 Å². The van der Waals surface area contributed by atoms with Gasteiger partial charge in [0.05, 0.1) is 37.3 Å². The van der Waals surface area contributed by atoms with Crippen molar-refractivity contribution in [3.05, 3.63) is 91.8 Å². The van der Waals surface area contributed by atoms with Crippen molar-refractivity contribution in [2.75, 3.05) is 69.3 Å². The van der Waals surface area contributed by atoms with E-state index in [2.05, 4.69) is 77.1 Å². The van der Waals surface area contributed by atoms with Crippen LogP contribution in [0.1, 0.15) is 59.0 Å². The number of nitrogens with two attached hydrogens (primary N) is 1. The van der Waals surface area contributed by atoms with Gasteiger partial charge in [-0.15, -0.1) is 22.7 Å². The highest BCUT2D eigenvalue weighted by atomic mass is 32.1. The number of nitrogens with one attached hydrogen (secondary N) is 1. The number of thiophene rings is 2. The molecule has 0 bridgehead atoms. The molecule has 0 unspecified atom stereocenters. The molecule has 2 aliphatic heterocycles. The summed E-state index contributed by atoms with van der Waals surface area (Å²) >= 11 is 3.38. The first kappa shape index (κ1) is 42.3. The second-order valence-electron chi connectivity index (χ2n) is 14.0. The van der Waals surface area contributed by atoms with Gasteiger partial charge in [-0.2, -0.15) is 0 Å². The molecule has 15 heteroatoms. The van der Waals surface area contributed by atoms with Gasteiger partial charge in [-0.3, -0.25) is 34.6 Å². The second kappa shape index (κ2) is 21.4. The zero-order valence-corrected chi connectivity index (χ0v) is 34.3. The Hall–Kier alpha value is -4.86. The number of methoxy groups -OCH3 is 1. The van der Waals surface area contributed by atoms with Gasteiger partial charge in [-0.1, -0.05) is 0 Å². The molecule has 300 valence electrons. The van der Waals surface area contributed by atoms with E-state index >= 15 is 0 Å². The van der Waals surface area contributed by atoms with Crippen molar-refractivity contribution in [1.82, 2.24) is 25.2 Å². The number of amides is 3. The van der Waals surface area contributed by atoms with Crippen LogP contribution in [0.25, 0.3) is 0 Å². The molecule has 0 atom stereocenters. The minimum Gasteiger partial charge on any atom is -0.469 e. The summed E-state index contributed by atoms with van der Waals surface area (Å²) in [7, 11) is 1.42. The number of piperazine rings is 2. The van der Waals surface area contributed by atoms with Crippen LogP contribution >= 0.6 is 22.7 Å². The van der Waals surface area contributed by atoms with Crippen molar-refractivity contribution in [2.24, 2.45) is 5.84 Å². The smallest absolute Gasteiger partial charge is 0.305 e. The summed E-state index contributed by atoms with van der Waals surface area (Å²) in [4.78, 5) is 65.3. The van der Waals surface area contributed by atoms with Crippen LogP contribution in [0.3, 0.4) is 0 Å². The van der Waals surface area contributed by atoms with Gasteiger partial charge in [-0.25, -0.2) is 5.84 Å². The van der Waals surface area contributed by atoms with Gasteiger partial charge < -0.3 is 24.3 Å². The maximum Gasteiger partial charge on any atom is 0.305 e. The van der Waals surface area contributed by atoms with Crippen molar-refractivity contribution >= 4 is 57.7 Å². The van der Waals surface area contributed by atoms with Gasteiger partial charge in [0.15, 0.2) is 0 Å². The topological polar surface area (TPSA) is 154 Å². The highest BCUT2D eigenvalue weighted by molar-refractivity contribution is 7.10. The number of ether oxygens (including phenoxy) is 1. The van der Waals surface area contributed by atoms with Crippen LogP contribution < -0.4 is 21.1 Å². The fourth-order valence-electron chi connectivity index (χ4n) is 6.62. The lowest BCUT2D eigenvalue weighted by Crippen LogP contribution is -2.48. The van der Waals surface area contributed by atoms with Gasteiger partial charge in [0, 0.05) is 93.8 Å². The largest absolute Gasteiger partial charge is 0.469 e. The Morgan fingerprint density at radius 1 is 0.661 bits per heavy atom. The van der Waals surface area contributed by atoms with Crippen molar-refractivity contribution < 1.29 is 23.9 Å². The molecule has 0 spiro atoms. The van der Waals surface area contributed by atoms with E-state index in [1.165, 1.54) is 28.0 Å². The van der Waals surface area contributed by atoms with Crippen molar-refractivity contribution in [1.29, 1.82) is 0 Å². The molecule has 0 saturated carbocycles. The number of nitrogens with zero attached hydrogens (tertiary/aromatic N) is 6. The Kier molecular flexibility index (Phi) is 16.2. The molecule has 3 N–H and O–H groups in total. The van der Waals surface area contributed by atoms with Crippen molar-refractivity contribution in [3.8, 4) is 0 Å². The van der Waals surface area contributed by atoms with Crippen molar-refractivity contribution in [3.63, 3.8) is 0 Å². The van der Waals surface area contributed by atoms with Crippen molar-refractivity contribution in [2.45, 2.75) is 65.2 Å². The fourth-order valence-corrected chi connectivity index (χ4v) is 8.48. The Bertz CT molecular complexity index is 1730. The van der Waals surface area contributed by atoms with Crippen LogP contribution in [-0.2, 0) is 62.4 Å². The van der Waals surface area contributed by atoms with E-state index in [1.54, 1.807) is 36.5 Å². The number of anilines is 2. The summed E-state index contributed by atoms with van der Waals surface area (Å²) < 4.78 is 4.69. The Labute approximate surface area is 337 Å². The monoisotopic (exact) mass is 802 g/mol. The Balaban J connectivity index is 0.000000214. The Morgan fingerprint density at radius 3 is 1.48 bits per heavy atom. The van der Waals surface area contributed by atoms with E-state index in [1.807, 2.05) is 22.2 Å². The number of carbonyl (C=O) groups excluding carboxylic acids is 4. The summed E-state index contributed by atoms with van der Waals surface area (Å²) in [6.07, 6.45) is 9.83. The average molecular weight is 803 g/mol. The molecule has 2 aliphatic rings. The maximum atomic E-state index is 11.4. The van der Waals surface area contributed by atoms with E-state index in [9.17, 15) is 19.2 Å². The average Bonchev–Trinajstić information content (AvgIpc) is 3.90. The molecule has 0 radical (unpaired) electrons. The molecule has 3 amide bonds. The zero-order chi connectivity index (χ0) is 39.9. The minimum atomic E-state index is -0.165. The number of pyridine rings is 2. The molecule has 4 aromatic rings. The highest BCUT2D eigenvalue weighted by Crippen LogP contribution is 2.22. The normalized spacial score (nSPS) is 14.2. The third-order valence-electron chi connectivity index (χ3n) is 10.1. The fraction of sp³-hybridized carbons (Fsp3) is 0.463. The summed E-state index contributed by atoms with van der Waals surface area (Å²) in [5, 5.41) is 4.31. The Morgan fingerprint density at radius 2 is 1.11 bits per heavy atom. The van der Waals surface area contributed by atoms with Crippen LogP contribution in [0.4, 0.5) is 11.4 Å². The first-order valence-corrected chi connectivity index (χ1v) is 21.0. The number of hydrogen-bond acceptors (Lipinski definition) is 12. The van der Waals surface area contributed by atoms with Crippen LogP contribution in [0.2, 0.25) is 0 Å². The van der Waals surface area contributed by atoms with Gasteiger partial charge in [0.1, 0.15) is 0 Å². The lowest BCUT2D eigenvalue weighted by atomic mass is 10.1. The third kappa shape index (κ3) is 13.1. The molecule has 13 nitrogen and oxygen atoms in total. The first-order valence-electron chi connectivity index (χ1n) is 19.2. The number of esters is 1. The summed E-state index contributed by atoms with van der Waals surface area (Å²) in [6.45, 7) is 9.73. The highest BCUT2D eigenvalue weighted by Gasteiger charge is 2.20.